The molecule has 0 saturated carbocycles. The summed E-state index contributed by atoms with van der Waals surface area (Å²) in [5, 5.41) is 2.73. The lowest BCUT2D eigenvalue weighted by Gasteiger charge is -2.14. The van der Waals surface area contributed by atoms with E-state index < -0.39 is 23.6 Å². The first-order valence-electron chi connectivity index (χ1n) is 6.02. The molecule has 0 aromatic heterocycles. The summed E-state index contributed by atoms with van der Waals surface area (Å²) in [6.07, 6.45) is -4.46. The summed E-state index contributed by atoms with van der Waals surface area (Å²) >= 11 is 5.65. The van der Waals surface area contributed by atoms with Gasteiger partial charge in [-0.05, 0) is 25.1 Å². The van der Waals surface area contributed by atoms with Gasteiger partial charge in [0.1, 0.15) is 0 Å². The van der Waals surface area contributed by atoms with Crippen molar-refractivity contribution in [2.45, 2.75) is 20.0 Å². The van der Waals surface area contributed by atoms with Gasteiger partial charge in [-0.2, -0.15) is 13.2 Å². The first-order valence-corrected chi connectivity index (χ1v) is 6.40. The van der Waals surface area contributed by atoms with Gasteiger partial charge in [0.15, 0.2) is 0 Å². The fraction of sp³-hybridized carbons (Fsp3) is 0.462. The third-order valence-electron chi connectivity index (χ3n) is 2.53. The zero-order valence-electron chi connectivity index (χ0n) is 11.1. The quantitative estimate of drug-likeness (QED) is 0.836. The monoisotopic (exact) mass is 309 g/mol. The van der Waals surface area contributed by atoms with Crippen molar-refractivity contribution in [2.24, 2.45) is 5.92 Å². The van der Waals surface area contributed by atoms with Crippen LogP contribution in [0.25, 0.3) is 0 Å². The molecule has 0 aliphatic carbocycles. The molecular formula is C13H15ClF3NO2. The maximum Gasteiger partial charge on any atom is 0.416 e. The average Bonchev–Trinajstić information content (AvgIpc) is 2.34. The molecule has 1 aromatic rings. The highest BCUT2D eigenvalue weighted by Crippen LogP contribution is 2.33. The summed E-state index contributed by atoms with van der Waals surface area (Å²) in [6, 6.07) is 3.17. The van der Waals surface area contributed by atoms with Gasteiger partial charge >= 0.3 is 12.1 Å². The number of carbonyl (C=O) groups is 1. The van der Waals surface area contributed by atoms with Gasteiger partial charge in [-0.25, -0.2) is 0 Å². The van der Waals surface area contributed by atoms with E-state index in [2.05, 4.69) is 5.32 Å². The molecule has 3 nitrogen and oxygen atoms in total. The Kier molecular flexibility index (Phi) is 5.68. The second kappa shape index (κ2) is 6.83. The lowest BCUT2D eigenvalue weighted by atomic mass is 10.1. The Hall–Kier alpha value is -1.43. The third kappa shape index (κ3) is 4.92. The van der Waals surface area contributed by atoms with Crippen LogP contribution >= 0.6 is 11.6 Å². The van der Waals surface area contributed by atoms with Gasteiger partial charge in [0, 0.05) is 17.3 Å². The van der Waals surface area contributed by atoms with E-state index in [9.17, 15) is 18.0 Å². The zero-order valence-corrected chi connectivity index (χ0v) is 11.8. The largest absolute Gasteiger partial charge is 0.466 e. The molecule has 0 amide bonds. The Morgan fingerprint density at radius 1 is 1.40 bits per heavy atom. The van der Waals surface area contributed by atoms with E-state index in [1.807, 2.05) is 0 Å². The Morgan fingerprint density at radius 2 is 2.05 bits per heavy atom. The molecule has 112 valence electrons. The number of benzene rings is 1. The number of rotatable bonds is 5. The first-order chi connectivity index (χ1) is 9.24. The molecule has 7 heteroatoms. The molecule has 0 aliphatic heterocycles. The standard InChI is InChI=1S/C13H15ClF3NO2/c1-3-20-12(19)8(2)7-18-11-5-9(13(15,16)17)4-10(14)6-11/h4-6,8,18H,3,7H2,1-2H3. The van der Waals surface area contributed by atoms with E-state index in [4.69, 9.17) is 16.3 Å². The maximum atomic E-state index is 12.6. The molecule has 0 saturated heterocycles. The highest BCUT2D eigenvalue weighted by molar-refractivity contribution is 6.30. The van der Waals surface area contributed by atoms with Crippen LogP contribution < -0.4 is 5.32 Å². The van der Waals surface area contributed by atoms with Crippen molar-refractivity contribution >= 4 is 23.3 Å². The van der Waals surface area contributed by atoms with E-state index in [0.29, 0.717) is 0 Å². The van der Waals surface area contributed by atoms with Crippen molar-refractivity contribution in [2.75, 3.05) is 18.5 Å². The van der Waals surface area contributed by atoms with Crippen LogP contribution in [-0.2, 0) is 15.7 Å². The molecule has 20 heavy (non-hydrogen) atoms. The van der Waals surface area contributed by atoms with Crippen molar-refractivity contribution in [3.05, 3.63) is 28.8 Å². The van der Waals surface area contributed by atoms with E-state index in [0.717, 1.165) is 12.1 Å². The van der Waals surface area contributed by atoms with Gasteiger partial charge in [-0.1, -0.05) is 18.5 Å². The Labute approximate surface area is 120 Å². The minimum Gasteiger partial charge on any atom is -0.466 e. The fourth-order valence-corrected chi connectivity index (χ4v) is 1.73. The summed E-state index contributed by atoms with van der Waals surface area (Å²) in [6.45, 7) is 3.74. The molecule has 0 aliphatic rings. The van der Waals surface area contributed by atoms with Crippen LogP contribution in [0.2, 0.25) is 5.02 Å². The Bertz CT molecular complexity index is 477. The van der Waals surface area contributed by atoms with E-state index in [-0.39, 0.29) is 23.9 Å². The minimum absolute atomic E-state index is 0.0221. The highest BCUT2D eigenvalue weighted by atomic mass is 35.5. The fourth-order valence-electron chi connectivity index (χ4n) is 1.49. The number of halogens is 4. The number of hydrogen-bond donors (Lipinski definition) is 1. The molecule has 0 radical (unpaired) electrons. The zero-order chi connectivity index (χ0) is 15.3. The van der Waals surface area contributed by atoms with Gasteiger partial charge in [-0.15, -0.1) is 0 Å². The Morgan fingerprint density at radius 3 is 2.60 bits per heavy atom. The number of esters is 1. The summed E-state index contributed by atoms with van der Waals surface area (Å²) in [7, 11) is 0. The van der Waals surface area contributed by atoms with Crippen LogP contribution in [0.4, 0.5) is 18.9 Å². The van der Waals surface area contributed by atoms with Crippen molar-refractivity contribution in [1.29, 1.82) is 0 Å². The topological polar surface area (TPSA) is 38.3 Å². The van der Waals surface area contributed by atoms with Gasteiger partial charge in [0.05, 0.1) is 18.1 Å². The molecule has 1 N–H and O–H groups in total. The number of anilines is 1. The van der Waals surface area contributed by atoms with Crippen LogP contribution in [0.5, 0.6) is 0 Å². The lowest BCUT2D eigenvalue weighted by molar-refractivity contribution is -0.146. The van der Waals surface area contributed by atoms with Crippen LogP contribution in [-0.4, -0.2) is 19.1 Å². The van der Waals surface area contributed by atoms with Crippen molar-refractivity contribution < 1.29 is 22.7 Å². The summed E-state index contributed by atoms with van der Waals surface area (Å²) in [5.74, 6) is -0.874. The SMILES string of the molecule is CCOC(=O)C(C)CNc1cc(Cl)cc(C(F)(F)F)c1. The molecule has 0 spiro atoms. The lowest BCUT2D eigenvalue weighted by Crippen LogP contribution is -2.22. The number of hydrogen-bond acceptors (Lipinski definition) is 3. The van der Waals surface area contributed by atoms with Crippen molar-refractivity contribution in [3.63, 3.8) is 0 Å². The van der Waals surface area contributed by atoms with Crippen LogP contribution in [0.15, 0.2) is 18.2 Å². The number of ether oxygens (including phenoxy) is 1. The predicted octanol–water partition coefficient (Wildman–Crippen LogP) is 3.97. The first kappa shape index (κ1) is 16.6. The summed E-state index contributed by atoms with van der Waals surface area (Å²) in [5.41, 5.74) is -0.628. The molecule has 0 fully saturated rings. The molecular weight excluding hydrogens is 295 g/mol. The molecule has 1 atom stereocenters. The molecule has 1 aromatic carbocycles. The number of carbonyl (C=O) groups excluding carboxylic acids is 1. The van der Waals surface area contributed by atoms with Gasteiger partial charge < -0.3 is 10.1 Å². The smallest absolute Gasteiger partial charge is 0.416 e. The highest BCUT2D eigenvalue weighted by Gasteiger charge is 2.31. The normalized spacial score (nSPS) is 12.9. The van der Waals surface area contributed by atoms with Gasteiger partial charge in [0.2, 0.25) is 0 Å². The molecule has 0 heterocycles. The third-order valence-corrected chi connectivity index (χ3v) is 2.74. The van der Waals surface area contributed by atoms with Gasteiger partial charge in [-0.3, -0.25) is 4.79 Å². The predicted molar refractivity (Wildman–Crippen MR) is 70.7 cm³/mol. The summed E-state index contributed by atoms with van der Waals surface area (Å²) in [4.78, 5) is 11.4. The number of nitrogens with one attached hydrogen (secondary N) is 1. The maximum absolute atomic E-state index is 12.6. The molecule has 1 rings (SSSR count). The Balaban J connectivity index is 2.74. The van der Waals surface area contributed by atoms with E-state index in [1.165, 1.54) is 6.07 Å². The van der Waals surface area contributed by atoms with Crippen molar-refractivity contribution in [1.82, 2.24) is 0 Å². The molecule has 0 bridgehead atoms. The second-order valence-electron chi connectivity index (χ2n) is 4.26. The summed E-state index contributed by atoms with van der Waals surface area (Å²) < 4.78 is 42.7. The van der Waals surface area contributed by atoms with Crippen LogP contribution in [0.1, 0.15) is 19.4 Å². The average molecular weight is 310 g/mol. The van der Waals surface area contributed by atoms with E-state index in [1.54, 1.807) is 13.8 Å². The van der Waals surface area contributed by atoms with Crippen LogP contribution in [0, 0.1) is 5.92 Å². The number of alkyl halides is 3. The van der Waals surface area contributed by atoms with Crippen molar-refractivity contribution in [3.8, 4) is 0 Å². The molecule has 1 unspecified atom stereocenters. The van der Waals surface area contributed by atoms with E-state index >= 15 is 0 Å². The minimum atomic E-state index is -4.46. The second-order valence-corrected chi connectivity index (χ2v) is 4.70. The van der Waals surface area contributed by atoms with Gasteiger partial charge in [0.25, 0.3) is 0 Å². The van der Waals surface area contributed by atoms with Crippen LogP contribution in [0.3, 0.4) is 0 Å².